The lowest BCUT2D eigenvalue weighted by Crippen LogP contribution is -2.43. The van der Waals surface area contributed by atoms with Crippen LogP contribution in [-0.2, 0) is 6.42 Å². The van der Waals surface area contributed by atoms with E-state index in [4.69, 9.17) is 9.47 Å². The van der Waals surface area contributed by atoms with Crippen molar-refractivity contribution in [3.63, 3.8) is 0 Å². The summed E-state index contributed by atoms with van der Waals surface area (Å²) in [4.78, 5) is 2.54. The van der Waals surface area contributed by atoms with Crippen LogP contribution in [0.3, 0.4) is 0 Å². The van der Waals surface area contributed by atoms with Crippen molar-refractivity contribution in [1.82, 2.24) is 10.2 Å². The number of ether oxygens (including phenoxy) is 2. The van der Waals surface area contributed by atoms with Crippen molar-refractivity contribution in [2.24, 2.45) is 0 Å². The second kappa shape index (κ2) is 10.5. The Morgan fingerprint density at radius 2 is 1.96 bits per heavy atom. The van der Waals surface area contributed by atoms with Crippen molar-refractivity contribution in [2.75, 3.05) is 46.4 Å². The molecular weight excluding hydrogens is 288 g/mol. The molecule has 0 aliphatic carbocycles. The van der Waals surface area contributed by atoms with E-state index in [2.05, 4.69) is 29.3 Å². The van der Waals surface area contributed by atoms with Gasteiger partial charge in [0.25, 0.3) is 0 Å². The van der Waals surface area contributed by atoms with Crippen LogP contribution in [0.4, 0.5) is 0 Å². The van der Waals surface area contributed by atoms with Crippen LogP contribution in [0, 0.1) is 0 Å². The third-order valence-corrected chi connectivity index (χ3v) is 4.40. The molecule has 4 nitrogen and oxygen atoms in total. The average molecular weight is 320 g/mol. The van der Waals surface area contributed by atoms with Gasteiger partial charge in [0.2, 0.25) is 0 Å². The lowest BCUT2D eigenvalue weighted by atomic mass is 10.1. The highest BCUT2D eigenvalue weighted by Gasteiger charge is 2.12. The lowest BCUT2D eigenvalue weighted by molar-refractivity contribution is 0.238. The minimum atomic E-state index is 0.772. The zero-order valence-electron chi connectivity index (χ0n) is 14.8. The number of piperazine rings is 1. The number of hydrogen-bond donors (Lipinski definition) is 1. The molecule has 0 atom stereocenters. The Morgan fingerprint density at radius 3 is 2.70 bits per heavy atom. The van der Waals surface area contributed by atoms with Crippen molar-refractivity contribution in [2.45, 2.75) is 39.0 Å². The first-order valence-electron chi connectivity index (χ1n) is 9.07. The van der Waals surface area contributed by atoms with Gasteiger partial charge in [0.05, 0.1) is 13.7 Å². The topological polar surface area (TPSA) is 33.7 Å². The van der Waals surface area contributed by atoms with E-state index >= 15 is 0 Å². The molecule has 1 aromatic rings. The number of benzene rings is 1. The van der Waals surface area contributed by atoms with E-state index in [1.54, 1.807) is 7.11 Å². The molecule has 1 saturated heterocycles. The number of nitrogens with zero attached hydrogens (tertiary/aromatic N) is 1. The fourth-order valence-electron chi connectivity index (χ4n) is 3.07. The van der Waals surface area contributed by atoms with Crippen molar-refractivity contribution in [3.05, 3.63) is 23.8 Å². The molecule has 23 heavy (non-hydrogen) atoms. The highest BCUT2D eigenvalue weighted by molar-refractivity contribution is 5.46. The first-order chi connectivity index (χ1) is 11.3. The molecule has 0 aromatic heterocycles. The summed E-state index contributed by atoms with van der Waals surface area (Å²) in [5, 5.41) is 3.40. The minimum Gasteiger partial charge on any atom is -0.493 e. The van der Waals surface area contributed by atoms with Gasteiger partial charge in [0.15, 0.2) is 11.5 Å². The highest BCUT2D eigenvalue weighted by Crippen LogP contribution is 2.32. The SMILES string of the molecule is CCCCCOc1cccc(CCCN2CCNCC2)c1OC. The van der Waals surface area contributed by atoms with Gasteiger partial charge < -0.3 is 19.7 Å². The zero-order chi connectivity index (χ0) is 16.3. The predicted octanol–water partition coefficient (Wildman–Crippen LogP) is 3.10. The molecule has 1 aliphatic rings. The third-order valence-electron chi connectivity index (χ3n) is 4.40. The second-order valence-electron chi connectivity index (χ2n) is 6.20. The second-order valence-corrected chi connectivity index (χ2v) is 6.20. The maximum Gasteiger partial charge on any atom is 0.163 e. The first-order valence-corrected chi connectivity index (χ1v) is 9.07. The molecule has 1 aliphatic heterocycles. The van der Waals surface area contributed by atoms with Gasteiger partial charge in [-0.2, -0.15) is 0 Å². The summed E-state index contributed by atoms with van der Waals surface area (Å²) in [6.07, 6.45) is 5.74. The quantitative estimate of drug-likeness (QED) is 0.672. The van der Waals surface area contributed by atoms with E-state index in [0.29, 0.717) is 0 Å². The summed E-state index contributed by atoms with van der Waals surface area (Å²) < 4.78 is 11.6. The van der Waals surface area contributed by atoms with Gasteiger partial charge in [-0.1, -0.05) is 31.9 Å². The van der Waals surface area contributed by atoms with Crippen LogP contribution < -0.4 is 14.8 Å². The van der Waals surface area contributed by atoms with Crippen molar-refractivity contribution < 1.29 is 9.47 Å². The monoisotopic (exact) mass is 320 g/mol. The number of hydrogen-bond acceptors (Lipinski definition) is 4. The Balaban J connectivity index is 1.84. The summed E-state index contributed by atoms with van der Waals surface area (Å²) in [6.45, 7) is 8.70. The van der Waals surface area contributed by atoms with Crippen LogP contribution in [0.15, 0.2) is 18.2 Å². The lowest BCUT2D eigenvalue weighted by Gasteiger charge is -2.27. The van der Waals surface area contributed by atoms with Crippen LogP contribution in [0.5, 0.6) is 11.5 Å². The Hall–Kier alpha value is -1.26. The normalized spacial score (nSPS) is 15.6. The van der Waals surface area contributed by atoms with Crippen molar-refractivity contribution in [3.8, 4) is 11.5 Å². The summed E-state index contributed by atoms with van der Waals surface area (Å²) in [5.74, 6) is 1.81. The average Bonchev–Trinajstić information content (AvgIpc) is 2.60. The summed E-state index contributed by atoms with van der Waals surface area (Å²) in [7, 11) is 1.74. The van der Waals surface area contributed by atoms with E-state index in [1.165, 1.54) is 18.4 Å². The molecule has 0 bridgehead atoms. The van der Waals surface area contributed by atoms with Gasteiger partial charge in [-0.3, -0.25) is 0 Å². The summed E-state index contributed by atoms with van der Waals surface area (Å²) in [5.41, 5.74) is 1.26. The van der Waals surface area contributed by atoms with E-state index in [-0.39, 0.29) is 0 Å². The van der Waals surface area contributed by atoms with Crippen molar-refractivity contribution in [1.29, 1.82) is 0 Å². The minimum absolute atomic E-state index is 0.772. The van der Waals surface area contributed by atoms with Crippen LogP contribution >= 0.6 is 0 Å². The van der Waals surface area contributed by atoms with Gasteiger partial charge in [-0.05, 0) is 37.4 Å². The molecule has 1 heterocycles. The Kier molecular flexibility index (Phi) is 8.26. The van der Waals surface area contributed by atoms with Gasteiger partial charge >= 0.3 is 0 Å². The number of aryl methyl sites for hydroxylation is 1. The van der Waals surface area contributed by atoms with Crippen LogP contribution in [-0.4, -0.2) is 51.3 Å². The molecule has 4 heteroatoms. The Bertz CT molecular complexity index is 445. The van der Waals surface area contributed by atoms with Crippen LogP contribution in [0.25, 0.3) is 0 Å². The Morgan fingerprint density at radius 1 is 1.13 bits per heavy atom. The number of rotatable bonds is 10. The molecule has 0 radical (unpaired) electrons. The smallest absolute Gasteiger partial charge is 0.163 e. The number of para-hydroxylation sites is 1. The van der Waals surface area contributed by atoms with Crippen LogP contribution in [0.1, 0.15) is 38.2 Å². The first kappa shape index (κ1) is 18.1. The number of nitrogens with one attached hydrogen (secondary N) is 1. The molecule has 1 N–H and O–H groups in total. The van der Waals surface area contributed by atoms with Crippen LogP contribution in [0.2, 0.25) is 0 Å². The van der Waals surface area contributed by atoms with E-state index < -0.39 is 0 Å². The Labute approximate surface area is 141 Å². The molecule has 0 unspecified atom stereocenters. The fourth-order valence-corrected chi connectivity index (χ4v) is 3.07. The highest BCUT2D eigenvalue weighted by atomic mass is 16.5. The standard InChI is InChI=1S/C19H32N2O2/c1-3-4-5-16-23-18-10-6-8-17(19(18)22-2)9-7-13-21-14-11-20-12-15-21/h6,8,10,20H,3-5,7,9,11-16H2,1-2H3. The number of unbranched alkanes of at least 4 members (excludes halogenated alkanes) is 2. The molecule has 0 amide bonds. The molecule has 1 aromatic carbocycles. The van der Waals surface area contributed by atoms with Gasteiger partial charge in [-0.25, -0.2) is 0 Å². The van der Waals surface area contributed by atoms with Gasteiger partial charge in [0, 0.05) is 26.2 Å². The largest absolute Gasteiger partial charge is 0.493 e. The van der Waals surface area contributed by atoms with E-state index in [9.17, 15) is 0 Å². The molecule has 130 valence electrons. The molecule has 0 spiro atoms. The molecule has 1 fully saturated rings. The van der Waals surface area contributed by atoms with E-state index in [1.807, 2.05) is 6.07 Å². The maximum absolute atomic E-state index is 5.92. The van der Waals surface area contributed by atoms with E-state index in [0.717, 1.165) is 70.1 Å². The number of methoxy groups -OCH3 is 1. The van der Waals surface area contributed by atoms with Gasteiger partial charge in [-0.15, -0.1) is 0 Å². The molecule has 2 rings (SSSR count). The summed E-state index contributed by atoms with van der Waals surface area (Å²) in [6, 6.07) is 6.26. The summed E-state index contributed by atoms with van der Waals surface area (Å²) >= 11 is 0. The zero-order valence-corrected chi connectivity index (χ0v) is 14.8. The third kappa shape index (κ3) is 6.04. The van der Waals surface area contributed by atoms with Gasteiger partial charge in [0.1, 0.15) is 0 Å². The maximum atomic E-state index is 5.92. The fraction of sp³-hybridized carbons (Fsp3) is 0.684. The molecular formula is C19H32N2O2. The van der Waals surface area contributed by atoms with Crippen molar-refractivity contribution >= 4 is 0 Å². The predicted molar refractivity (Wildman–Crippen MR) is 95.6 cm³/mol. The molecule has 0 saturated carbocycles.